The molecule has 2 rings (SSSR count). The van der Waals surface area contributed by atoms with Crippen LogP contribution in [0.5, 0.6) is 0 Å². The molecule has 0 atom stereocenters. The molecule has 0 unspecified atom stereocenters. The monoisotopic (exact) mass is 226 g/mol. The Hall–Kier alpha value is -0.940. The van der Waals surface area contributed by atoms with Crippen molar-refractivity contribution in [3.63, 3.8) is 0 Å². The highest BCUT2D eigenvalue weighted by atomic mass is 32.1. The number of aliphatic hydroxyl groups is 1. The van der Waals surface area contributed by atoms with Crippen LogP contribution in [0.1, 0.15) is 24.1 Å². The minimum Gasteiger partial charge on any atom is -0.396 e. The van der Waals surface area contributed by atoms with Crippen molar-refractivity contribution < 1.29 is 5.11 Å². The van der Waals surface area contributed by atoms with Crippen LogP contribution in [-0.2, 0) is 19.4 Å². The third-order valence-corrected chi connectivity index (χ3v) is 3.14. The first-order valence-electron chi connectivity index (χ1n) is 5.20. The molecule has 1 heterocycles. The molecule has 1 aliphatic rings. The van der Waals surface area contributed by atoms with Gasteiger partial charge < -0.3 is 5.11 Å². The van der Waals surface area contributed by atoms with Gasteiger partial charge in [-0.25, -0.2) is 4.79 Å². The Labute approximate surface area is 92.6 Å². The van der Waals surface area contributed by atoms with Gasteiger partial charge in [-0.2, -0.15) is 0 Å². The second-order valence-electron chi connectivity index (χ2n) is 3.77. The molecule has 0 aromatic carbocycles. The number of hydrogen-bond acceptors (Lipinski definition) is 3. The van der Waals surface area contributed by atoms with Crippen molar-refractivity contribution in [2.45, 2.75) is 32.2 Å². The van der Waals surface area contributed by atoms with E-state index in [1.165, 1.54) is 0 Å². The molecule has 0 saturated carbocycles. The Morgan fingerprint density at radius 3 is 3.00 bits per heavy atom. The van der Waals surface area contributed by atoms with Crippen molar-refractivity contribution in [1.29, 1.82) is 0 Å². The summed E-state index contributed by atoms with van der Waals surface area (Å²) in [7, 11) is 0. The first-order chi connectivity index (χ1) is 7.24. The second-order valence-corrected chi connectivity index (χ2v) is 4.18. The lowest BCUT2D eigenvalue weighted by atomic mass is 10.2. The molecule has 5 heteroatoms. The van der Waals surface area contributed by atoms with Gasteiger partial charge in [0.1, 0.15) is 4.64 Å². The van der Waals surface area contributed by atoms with Gasteiger partial charge in [-0.05, 0) is 25.7 Å². The summed E-state index contributed by atoms with van der Waals surface area (Å²) in [5.41, 5.74) is 2.04. The third kappa shape index (κ3) is 1.89. The van der Waals surface area contributed by atoms with Crippen LogP contribution in [0.4, 0.5) is 0 Å². The molecule has 2 N–H and O–H groups in total. The van der Waals surface area contributed by atoms with Crippen molar-refractivity contribution in [1.82, 2.24) is 9.55 Å². The van der Waals surface area contributed by atoms with Crippen LogP contribution < -0.4 is 5.69 Å². The maximum Gasteiger partial charge on any atom is 0.326 e. The average molecular weight is 226 g/mol. The Bertz CT molecular complexity index is 475. The molecule has 0 spiro atoms. The summed E-state index contributed by atoms with van der Waals surface area (Å²) in [6, 6.07) is 0. The summed E-state index contributed by atoms with van der Waals surface area (Å²) < 4.78 is 2.31. The molecule has 1 aromatic heterocycles. The van der Waals surface area contributed by atoms with Gasteiger partial charge in [-0.15, -0.1) is 0 Å². The summed E-state index contributed by atoms with van der Waals surface area (Å²) in [5, 5.41) is 8.78. The standard InChI is InChI=1S/C10H14N2O2S/c13-6-2-5-12-8-4-1-3-7(8)9(15)11-10(12)14/h13H,1-6H2,(H,11,14,15). The van der Waals surface area contributed by atoms with Crippen LogP contribution in [0, 0.1) is 4.64 Å². The van der Waals surface area contributed by atoms with Gasteiger partial charge in [0.2, 0.25) is 0 Å². The van der Waals surface area contributed by atoms with Crippen molar-refractivity contribution in [2.24, 2.45) is 0 Å². The molecule has 0 radical (unpaired) electrons. The normalized spacial score (nSPS) is 14.2. The van der Waals surface area contributed by atoms with Gasteiger partial charge in [-0.1, -0.05) is 12.2 Å². The molecule has 82 valence electrons. The summed E-state index contributed by atoms with van der Waals surface area (Å²) in [6.07, 6.45) is 3.56. The highest BCUT2D eigenvalue weighted by molar-refractivity contribution is 7.71. The van der Waals surface area contributed by atoms with E-state index in [1.807, 2.05) is 0 Å². The van der Waals surface area contributed by atoms with E-state index >= 15 is 0 Å². The zero-order valence-electron chi connectivity index (χ0n) is 8.45. The van der Waals surface area contributed by atoms with Gasteiger partial charge in [0.25, 0.3) is 0 Å². The molecule has 0 aliphatic heterocycles. The summed E-state index contributed by atoms with van der Waals surface area (Å²) in [6.45, 7) is 0.681. The van der Waals surface area contributed by atoms with Crippen LogP contribution in [0.15, 0.2) is 4.79 Å². The predicted molar refractivity (Wildman–Crippen MR) is 59.6 cm³/mol. The molecular weight excluding hydrogens is 212 g/mol. The Morgan fingerprint density at radius 2 is 2.27 bits per heavy atom. The number of aromatic nitrogens is 2. The lowest BCUT2D eigenvalue weighted by Gasteiger charge is -2.10. The molecule has 0 fully saturated rings. The number of aromatic amines is 1. The van der Waals surface area contributed by atoms with Gasteiger partial charge >= 0.3 is 5.69 Å². The van der Waals surface area contributed by atoms with Crippen molar-refractivity contribution in [3.8, 4) is 0 Å². The lowest BCUT2D eigenvalue weighted by molar-refractivity contribution is 0.278. The number of aliphatic hydroxyl groups excluding tert-OH is 1. The molecule has 0 amide bonds. The minimum absolute atomic E-state index is 0.108. The van der Waals surface area contributed by atoms with Gasteiger partial charge in [0, 0.05) is 24.4 Å². The zero-order chi connectivity index (χ0) is 10.8. The molecule has 0 saturated heterocycles. The first-order valence-corrected chi connectivity index (χ1v) is 5.60. The molecular formula is C10H14N2O2S. The van der Waals surface area contributed by atoms with E-state index in [9.17, 15) is 4.79 Å². The van der Waals surface area contributed by atoms with Crippen LogP contribution in [0.25, 0.3) is 0 Å². The van der Waals surface area contributed by atoms with Crippen LogP contribution in [0.3, 0.4) is 0 Å². The first kappa shape index (κ1) is 10.6. The summed E-state index contributed by atoms with van der Waals surface area (Å²) >= 11 is 5.12. The van der Waals surface area contributed by atoms with E-state index < -0.39 is 0 Å². The zero-order valence-corrected chi connectivity index (χ0v) is 9.27. The van der Waals surface area contributed by atoms with Crippen LogP contribution in [0.2, 0.25) is 0 Å². The number of nitrogens with one attached hydrogen (secondary N) is 1. The fourth-order valence-electron chi connectivity index (χ4n) is 2.10. The molecule has 4 nitrogen and oxygen atoms in total. The average Bonchev–Trinajstić information content (AvgIpc) is 2.66. The number of fused-ring (bicyclic) bond motifs is 1. The summed E-state index contributed by atoms with van der Waals surface area (Å²) in [4.78, 5) is 14.4. The number of hydrogen-bond donors (Lipinski definition) is 2. The Morgan fingerprint density at radius 1 is 1.47 bits per heavy atom. The highest BCUT2D eigenvalue weighted by Gasteiger charge is 2.17. The Balaban J connectivity index is 2.50. The van der Waals surface area contributed by atoms with E-state index in [1.54, 1.807) is 4.57 Å². The molecule has 1 aromatic rings. The molecule has 15 heavy (non-hydrogen) atoms. The maximum atomic E-state index is 11.7. The SMILES string of the molecule is O=c1[nH]c(=S)c2c(n1CCCO)CCC2. The number of nitrogens with zero attached hydrogens (tertiary/aromatic N) is 1. The van der Waals surface area contributed by atoms with Crippen LogP contribution >= 0.6 is 12.2 Å². The van der Waals surface area contributed by atoms with E-state index in [4.69, 9.17) is 17.3 Å². The fourth-order valence-corrected chi connectivity index (χ4v) is 2.41. The third-order valence-electron chi connectivity index (χ3n) is 2.79. The quantitative estimate of drug-likeness (QED) is 0.749. The number of rotatable bonds is 3. The highest BCUT2D eigenvalue weighted by Crippen LogP contribution is 2.20. The van der Waals surface area contributed by atoms with Crippen molar-refractivity contribution >= 4 is 12.2 Å². The number of H-pyrrole nitrogens is 1. The molecule has 0 bridgehead atoms. The van der Waals surface area contributed by atoms with Gasteiger partial charge in [-0.3, -0.25) is 9.55 Å². The second kappa shape index (κ2) is 4.28. The van der Waals surface area contributed by atoms with E-state index in [0.29, 0.717) is 17.6 Å². The van der Waals surface area contributed by atoms with E-state index in [2.05, 4.69) is 4.98 Å². The smallest absolute Gasteiger partial charge is 0.326 e. The van der Waals surface area contributed by atoms with Crippen LogP contribution in [-0.4, -0.2) is 21.3 Å². The minimum atomic E-state index is -0.144. The predicted octanol–water partition coefficient (Wildman–Crippen LogP) is 0.777. The largest absolute Gasteiger partial charge is 0.396 e. The Kier molecular flexibility index (Phi) is 3.02. The van der Waals surface area contributed by atoms with Crippen molar-refractivity contribution in [2.75, 3.05) is 6.61 Å². The van der Waals surface area contributed by atoms with Crippen molar-refractivity contribution in [3.05, 3.63) is 26.4 Å². The van der Waals surface area contributed by atoms with Gasteiger partial charge in [0.15, 0.2) is 0 Å². The fraction of sp³-hybridized carbons (Fsp3) is 0.600. The molecule has 1 aliphatic carbocycles. The maximum absolute atomic E-state index is 11.7. The van der Waals surface area contributed by atoms with Gasteiger partial charge in [0.05, 0.1) is 0 Å². The van der Waals surface area contributed by atoms with E-state index in [-0.39, 0.29) is 12.3 Å². The lowest BCUT2D eigenvalue weighted by Crippen LogP contribution is -2.27. The van der Waals surface area contributed by atoms with E-state index in [0.717, 1.165) is 30.5 Å². The topological polar surface area (TPSA) is 58.0 Å². The summed E-state index contributed by atoms with van der Waals surface area (Å²) in [5.74, 6) is 0.